The molecule has 0 aromatic heterocycles. The Balaban J connectivity index is 1.74. The van der Waals surface area contributed by atoms with Crippen molar-refractivity contribution in [2.45, 2.75) is 18.7 Å². The molecule has 8 heteroatoms. The van der Waals surface area contributed by atoms with Gasteiger partial charge in [-0.2, -0.15) is 0 Å². The quantitative estimate of drug-likeness (QED) is 0.331. The number of amides is 2. The molecule has 6 nitrogen and oxygen atoms in total. The molecule has 1 aliphatic heterocycles. The van der Waals surface area contributed by atoms with Crippen LogP contribution in [0.15, 0.2) is 88.3 Å². The maximum atomic E-state index is 13.5. The average molecular weight is 493 g/mol. The second-order valence-corrected chi connectivity index (χ2v) is 8.94. The van der Waals surface area contributed by atoms with Crippen LogP contribution in [0, 0.1) is 6.92 Å². The molecule has 1 N–H and O–H groups in total. The molecule has 2 amide bonds. The van der Waals surface area contributed by atoms with E-state index in [1.54, 1.807) is 56.3 Å². The van der Waals surface area contributed by atoms with Gasteiger partial charge in [0, 0.05) is 15.6 Å². The minimum absolute atomic E-state index is 0.134. The number of nitrogens with zero attached hydrogens (tertiary/aromatic N) is 1. The first-order chi connectivity index (χ1) is 16.4. The third kappa shape index (κ3) is 4.85. The lowest BCUT2D eigenvalue weighted by Gasteiger charge is -2.18. The van der Waals surface area contributed by atoms with E-state index in [1.165, 1.54) is 11.8 Å². The lowest BCUT2D eigenvalue weighted by atomic mass is 10.2. The van der Waals surface area contributed by atoms with Crippen molar-refractivity contribution in [3.05, 3.63) is 99.5 Å². The Bertz CT molecular complexity index is 1310. The van der Waals surface area contributed by atoms with Crippen LogP contribution >= 0.6 is 23.4 Å². The highest BCUT2D eigenvalue weighted by Crippen LogP contribution is 2.39. The third-order valence-electron chi connectivity index (χ3n) is 5.05. The van der Waals surface area contributed by atoms with Crippen LogP contribution in [0.5, 0.6) is 0 Å². The number of nitrogens with one attached hydrogen (secondary N) is 1. The summed E-state index contributed by atoms with van der Waals surface area (Å²) in [6.07, 6.45) is 0. The summed E-state index contributed by atoms with van der Waals surface area (Å²) in [4.78, 5) is 41.4. The van der Waals surface area contributed by atoms with Crippen molar-refractivity contribution >= 4 is 52.5 Å². The number of carbonyl (C=O) groups excluding carboxylic acids is 3. The van der Waals surface area contributed by atoms with Crippen molar-refractivity contribution in [2.75, 3.05) is 16.8 Å². The van der Waals surface area contributed by atoms with Gasteiger partial charge in [-0.05, 0) is 67.9 Å². The minimum atomic E-state index is -0.490. The number of imide groups is 1. The molecule has 4 rings (SSSR count). The van der Waals surface area contributed by atoms with Gasteiger partial charge in [-0.3, -0.25) is 9.59 Å². The predicted octanol–water partition coefficient (Wildman–Crippen LogP) is 5.81. The number of esters is 1. The SMILES string of the molecule is CCOC(=O)c1cccc(NC2=C(Sc3ccccc3)C(=O)N(c3ccc(Cl)cc3C)C2=O)c1. The number of anilines is 2. The summed E-state index contributed by atoms with van der Waals surface area (Å²) in [6, 6.07) is 20.9. The third-order valence-corrected chi connectivity index (χ3v) is 6.37. The van der Waals surface area contributed by atoms with Crippen LogP contribution in [0.3, 0.4) is 0 Å². The van der Waals surface area contributed by atoms with Gasteiger partial charge >= 0.3 is 5.97 Å². The van der Waals surface area contributed by atoms with Crippen LogP contribution in [0.4, 0.5) is 11.4 Å². The van der Waals surface area contributed by atoms with Gasteiger partial charge in [0.15, 0.2) is 0 Å². The summed E-state index contributed by atoms with van der Waals surface area (Å²) >= 11 is 7.28. The van der Waals surface area contributed by atoms with E-state index in [9.17, 15) is 14.4 Å². The Labute approximate surface area is 206 Å². The van der Waals surface area contributed by atoms with Crippen molar-refractivity contribution in [2.24, 2.45) is 0 Å². The second kappa shape index (κ2) is 10.2. The molecule has 0 unspecified atom stereocenters. The van der Waals surface area contributed by atoms with E-state index in [0.717, 1.165) is 9.80 Å². The van der Waals surface area contributed by atoms with Crippen LogP contribution in [-0.2, 0) is 14.3 Å². The molecule has 0 radical (unpaired) electrons. The van der Waals surface area contributed by atoms with Crippen molar-refractivity contribution in [3.8, 4) is 0 Å². The fourth-order valence-corrected chi connectivity index (χ4v) is 4.67. The monoisotopic (exact) mass is 492 g/mol. The molecular weight excluding hydrogens is 472 g/mol. The number of carbonyl (C=O) groups is 3. The number of aryl methyl sites for hydroxylation is 1. The molecule has 0 aliphatic carbocycles. The highest BCUT2D eigenvalue weighted by molar-refractivity contribution is 8.04. The Morgan fingerprint density at radius 1 is 1.00 bits per heavy atom. The summed E-state index contributed by atoms with van der Waals surface area (Å²) in [5.41, 5.74) is 2.12. The normalized spacial score (nSPS) is 13.4. The van der Waals surface area contributed by atoms with Gasteiger partial charge in [0.2, 0.25) is 0 Å². The number of hydrogen-bond acceptors (Lipinski definition) is 6. The van der Waals surface area contributed by atoms with Crippen molar-refractivity contribution in [3.63, 3.8) is 0 Å². The van der Waals surface area contributed by atoms with Gasteiger partial charge in [0.05, 0.1) is 17.9 Å². The van der Waals surface area contributed by atoms with Gasteiger partial charge in [0.25, 0.3) is 11.8 Å². The number of halogens is 1. The fourth-order valence-electron chi connectivity index (χ4n) is 3.49. The molecule has 34 heavy (non-hydrogen) atoms. The van der Waals surface area contributed by atoms with Gasteiger partial charge in [-0.15, -0.1) is 0 Å². The Morgan fingerprint density at radius 2 is 1.76 bits per heavy atom. The summed E-state index contributed by atoms with van der Waals surface area (Å²) in [5, 5.41) is 3.59. The van der Waals surface area contributed by atoms with Crippen LogP contribution in [0.25, 0.3) is 0 Å². The smallest absolute Gasteiger partial charge is 0.338 e. The first-order valence-electron chi connectivity index (χ1n) is 10.6. The van der Waals surface area contributed by atoms with Crippen LogP contribution in [0.2, 0.25) is 5.02 Å². The highest BCUT2D eigenvalue weighted by Gasteiger charge is 2.40. The van der Waals surface area contributed by atoms with E-state index >= 15 is 0 Å². The highest BCUT2D eigenvalue weighted by atomic mass is 35.5. The number of hydrogen-bond donors (Lipinski definition) is 1. The number of rotatable bonds is 7. The fraction of sp³-hybridized carbons (Fsp3) is 0.115. The molecule has 172 valence electrons. The van der Waals surface area contributed by atoms with Gasteiger partial charge in [-0.1, -0.05) is 47.6 Å². The Morgan fingerprint density at radius 3 is 2.47 bits per heavy atom. The molecule has 0 fully saturated rings. The molecule has 0 bridgehead atoms. The van der Waals surface area contributed by atoms with Crippen molar-refractivity contribution < 1.29 is 19.1 Å². The number of benzene rings is 3. The van der Waals surface area contributed by atoms with E-state index in [1.807, 2.05) is 30.3 Å². The zero-order valence-corrected chi connectivity index (χ0v) is 20.1. The zero-order valence-electron chi connectivity index (χ0n) is 18.5. The van der Waals surface area contributed by atoms with Gasteiger partial charge in [-0.25, -0.2) is 9.69 Å². The zero-order chi connectivity index (χ0) is 24.2. The molecule has 3 aromatic carbocycles. The molecule has 0 atom stereocenters. The number of thioether (sulfide) groups is 1. The second-order valence-electron chi connectivity index (χ2n) is 7.42. The molecular formula is C26H21ClN2O4S. The van der Waals surface area contributed by atoms with E-state index in [0.29, 0.717) is 27.5 Å². The van der Waals surface area contributed by atoms with E-state index in [-0.39, 0.29) is 17.2 Å². The predicted molar refractivity (Wildman–Crippen MR) is 134 cm³/mol. The molecule has 1 aliphatic rings. The van der Waals surface area contributed by atoms with Gasteiger partial charge in [0.1, 0.15) is 10.6 Å². The van der Waals surface area contributed by atoms with E-state index < -0.39 is 17.8 Å². The standard InChI is InChI=1S/C26H21ClN2O4S/c1-3-33-26(32)17-8-7-9-19(15-17)28-22-23(34-20-10-5-4-6-11-20)25(31)29(24(22)30)21-13-12-18(27)14-16(21)2/h4-15,28H,3H2,1-2H3. The summed E-state index contributed by atoms with van der Waals surface area (Å²) < 4.78 is 5.07. The minimum Gasteiger partial charge on any atom is -0.462 e. The van der Waals surface area contributed by atoms with E-state index in [2.05, 4.69) is 5.32 Å². The summed E-state index contributed by atoms with van der Waals surface area (Å²) in [6.45, 7) is 3.77. The largest absolute Gasteiger partial charge is 0.462 e. The average Bonchev–Trinajstić information content (AvgIpc) is 3.04. The first-order valence-corrected chi connectivity index (χ1v) is 11.7. The lowest BCUT2D eigenvalue weighted by molar-refractivity contribution is -0.120. The topological polar surface area (TPSA) is 75.7 Å². The maximum Gasteiger partial charge on any atom is 0.338 e. The molecule has 0 spiro atoms. The van der Waals surface area contributed by atoms with Gasteiger partial charge < -0.3 is 10.1 Å². The van der Waals surface area contributed by atoms with Crippen molar-refractivity contribution in [1.82, 2.24) is 0 Å². The maximum absolute atomic E-state index is 13.5. The summed E-state index contributed by atoms with van der Waals surface area (Å²) in [7, 11) is 0. The number of ether oxygens (including phenoxy) is 1. The van der Waals surface area contributed by atoms with E-state index in [4.69, 9.17) is 16.3 Å². The first kappa shape index (κ1) is 23.6. The summed E-state index contributed by atoms with van der Waals surface area (Å²) in [5.74, 6) is -1.39. The lowest BCUT2D eigenvalue weighted by Crippen LogP contribution is -2.33. The molecule has 1 heterocycles. The molecule has 0 saturated heterocycles. The van der Waals surface area contributed by atoms with Crippen LogP contribution in [0.1, 0.15) is 22.8 Å². The van der Waals surface area contributed by atoms with Crippen molar-refractivity contribution in [1.29, 1.82) is 0 Å². The molecule has 3 aromatic rings. The van der Waals surface area contributed by atoms with Crippen LogP contribution in [-0.4, -0.2) is 24.4 Å². The Kier molecular flexibility index (Phi) is 7.05. The Hall–Kier alpha value is -3.55. The molecule has 0 saturated carbocycles. The van der Waals surface area contributed by atoms with Crippen LogP contribution < -0.4 is 10.2 Å².